The fourth-order valence-electron chi connectivity index (χ4n) is 5.72. The molecular weight excluding hydrogens is 328 g/mol. The Balaban J connectivity index is 1.56. The second-order valence-electron chi connectivity index (χ2n) is 9.56. The molecule has 0 saturated heterocycles. The summed E-state index contributed by atoms with van der Waals surface area (Å²) in [5.41, 5.74) is -0.640. The summed E-state index contributed by atoms with van der Waals surface area (Å²) < 4.78 is 0. The minimum absolute atomic E-state index is 0.0773. The molecule has 2 N–H and O–H groups in total. The Morgan fingerprint density at radius 1 is 1.08 bits per heavy atom. The molecule has 0 amide bonds. The molecule has 4 atom stereocenters. The van der Waals surface area contributed by atoms with E-state index in [0.29, 0.717) is 24.4 Å². The minimum atomic E-state index is -0.563. The molecule has 0 radical (unpaired) electrons. The molecule has 3 aliphatic carbocycles. The zero-order valence-electron chi connectivity index (χ0n) is 16.9. The van der Waals surface area contributed by atoms with E-state index in [9.17, 15) is 10.2 Å². The lowest BCUT2D eigenvalue weighted by Crippen LogP contribution is -2.51. The van der Waals surface area contributed by atoms with Gasteiger partial charge in [-0.25, -0.2) is 0 Å². The predicted molar refractivity (Wildman–Crippen MR) is 104 cm³/mol. The average molecular weight is 367 g/mol. The molecule has 0 aliphatic heterocycles. The van der Waals surface area contributed by atoms with Gasteiger partial charge >= 0.3 is 0 Å². The maximum absolute atomic E-state index is 11.5. The van der Waals surface area contributed by atoms with Gasteiger partial charge in [0.1, 0.15) is 6.61 Å². The molecule has 0 aromatic heterocycles. The Labute approximate surface area is 158 Å². The van der Waals surface area contributed by atoms with Gasteiger partial charge in [-0.3, -0.25) is 0 Å². The lowest BCUT2D eigenvalue weighted by molar-refractivity contribution is -0.117. The quantitative estimate of drug-likeness (QED) is 0.431. The van der Waals surface area contributed by atoms with Crippen LogP contribution in [0.5, 0.6) is 0 Å². The third kappa shape index (κ3) is 4.10. The van der Waals surface area contributed by atoms with Crippen molar-refractivity contribution in [3.8, 4) is 0 Å². The van der Waals surface area contributed by atoms with E-state index in [1.807, 2.05) is 20.3 Å². The first kappa shape index (κ1) is 20.1. The SMILES string of the molecule is CN(C)CCO/N=C/[C@H]1CC[C@]2(O)CC(C3CCC(O)CC3)CC[C@]12C. The number of oxime groups is 1. The molecular formula is C21H38N2O3. The molecule has 3 fully saturated rings. The van der Waals surface area contributed by atoms with Crippen LogP contribution in [0.2, 0.25) is 0 Å². The van der Waals surface area contributed by atoms with Crippen molar-refractivity contribution in [1.82, 2.24) is 4.90 Å². The van der Waals surface area contributed by atoms with Gasteiger partial charge in [0.2, 0.25) is 0 Å². The highest BCUT2D eigenvalue weighted by Gasteiger charge is 2.59. The zero-order valence-corrected chi connectivity index (χ0v) is 16.9. The molecule has 0 spiro atoms. The Morgan fingerprint density at radius 3 is 2.50 bits per heavy atom. The van der Waals surface area contributed by atoms with Crippen LogP contribution >= 0.6 is 0 Å². The van der Waals surface area contributed by atoms with Crippen LogP contribution in [-0.2, 0) is 4.84 Å². The first-order chi connectivity index (χ1) is 12.3. The van der Waals surface area contributed by atoms with Gasteiger partial charge in [-0.1, -0.05) is 12.1 Å². The highest BCUT2D eigenvalue weighted by Crippen LogP contribution is 2.60. The highest BCUT2D eigenvalue weighted by atomic mass is 16.6. The Bertz CT molecular complexity index is 490. The van der Waals surface area contributed by atoms with Crippen LogP contribution in [0.25, 0.3) is 0 Å². The van der Waals surface area contributed by atoms with E-state index in [1.165, 1.54) is 6.42 Å². The van der Waals surface area contributed by atoms with E-state index in [2.05, 4.69) is 17.0 Å². The molecule has 3 rings (SSSR count). The van der Waals surface area contributed by atoms with Gasteiger partial charge in [0.15, 0.2) is 0 Å². The van der Waals surface area contributed by atoms with Crippen molar-refractivity contribution in [2.24, 2.45) is 28.3 Å². The van der Waals surface area contributed by atoms with E-state index >= 15 is 0 Å². The summed E-state index contributed by atoms with van der Waals surface area (Å²) in [6.45, 7) is 3.73. The third-order valence-corrected chi connectivity index (χ3v) is 7.74. The maximum atomic E-state index is 11.5. The Hall–Kier alpha value is -0.650. The molecule has 3 aliphatic rings. The zero-order chi connectivity index (χ0) is 18.8. The normalized spacial score (nSPS) is 43.8. The lowest BCUT2D eigenvalue weighted by atomic mass is 9.57. The van der Waals surface area contributed by atoms with E-state index in [0.717, 1.165) is 57.9 Å². The maximum Gasteiger partial charge on any atom is 0.129 e. The summed E-state index contributed by atoms with van der Waals surface area (Å²) in [6, 6.07) is 0. The fourth-order valence-corrected chi connectivity index (χ4v) is 5.72. The van der Waals surface area contributed by atoms with Crippen LogP contribution in [-0.4, -0.2) is 60.3 Å². The molecule has 1 unspecified atom stereocenters. The molecule has 26 heavy (non-hydrogen) atoms. The number of fused-ring (bicyclic) bond motifs is 1. The number of hydrogen-bond donors (Lipinski definition) is 2. The average Bonchev–Trinajstić information content (AvgIpc) is 2.86. The van der Waals surface area contributed by atoms with Crippen LogP contribution in [0, 0.1) is 23.2 Å². The van der Waals surface area contributed by atoms with Crippen molar-refractivity contribution in [2.45, 2.75) is 76.4 Å². The van der Waals surface area contributed by atoms with Crippen LogP contribution in [0.4, 0.5) is 0 Å². The monoisotopic (exact) mass is 366 g/mol. The predicted octanol–water partition coefficient (Wildman–Crippen LogP) is 3.05. The topological polar surface area (TPSA) is 65.3 Å². The largest absolute Gasteiger partial charge is 0.395 e. The fraction of sp³-hybridized carbons (Fsp3) is 0.952. The summed E-state index contributed by atoms with van der Waals surface area (Å²) >= 11 is 0. The van der Waals surface area contributed by atoms with Crippen molar-refractivity contribution in [1.29, 1.82) is 0 Å². The number of aliphatic hydroxyl groups is 2. The van der Waals surface area contributed by atoms with E-state index in [1.54, 1.807) is 0 Å². The van der Waals surface area contributed by atoms with Crippen LogP contribution in [0.1, 0.15) is 64.7 Å². The van der Waals surface area contributed by atoms with Crippen molar-refractivity contribution in [3.63, 3.8) is 0 Å². The van der Waals surface area contributed by atoms with Crippen LogP contribution in [0.15, 0.2) is 5.16 Å². The minimum Gasteiger partial charge on any atom is -0.395 e. The van der Waals surface area contributed by atoms with Gasteiger partial charge in [-0.2, -0.15) is 0 Å². The molecule has 5 nitrogen and oxygen atoms in total. The second-order valence-corrected chi connectivity index (χ2v) is 9.56. The summed E-state index contributed by atoms with van der Waals surface area (Å²) in [5.74, 6) is 1.61. The van der Waals surface area contributed by atoms with Crippen molar-refractivity contribution >= 4 is 6.21 Å². The van der Waals surface area contributed by atoms with Crippen LogP contribution in [0.3, 0.4) is 0 Å². The Kier molecular flexibility index (Phi) is 6.30. The highest BCUT2D eigenvalue weighted by molar-refractivity contribution is 5.62. The number of aliphatic hydroxyl groups excluding tert-OH is 1. The van der Waals surface area contributed by atoms with E-state index < -0.39 is 5.60 Å². The van der Waals surface area contributed by atoms with Gasteiger partial charge in [-0.15, -0.1) is 0 Å². The molecule has 5 heteroatoms. The number of nitrogens with zero attached hydrogens (tertiary/aromatic N) is 2. The summed E-state index contributed by atoms with van der Waals surface area (Å²) in [7, 11) is 4.05. The smallest absolute Gasteiger partial charge is 0.129 e. The van der Waals surface area contributed by atoms with Gasteiger partial charge in [0, 0.05) is 24.1 Å². The summed E-state index contributed by atoms with van der Waals surface area (Å²) in [4.78, 5) is 7.49. The second kappa shape index (κ2) is 8.15. The van der Waals surface area contributed by atoms with Crippen molar-refractivity contribution in [3.05, 3.63) is 0 Å². The van der Waals surface area contributed by atoms with E-state index in [-0.39, 0.29) is 11.5 Å². The molecule has 3 saturated carbocycles. The van der Waals surface area contributed by atoms with Crippen molar-refractivity contribution < 1.29 is 15.1 Å². The number of likely N-dealkylation sites (N-methyl/N-ethyl adjacent to an activating group) is 1. The van der Waals surface area contributed by atoms with Gasteiger partial charge in [0.05, 0.1) is 11.7 Å². The molecule has 0 heterocycles. The van der Waals surface area contributed by atoms with Gasteiger partial charge in [0.25, 0.3) is 0 Å². The standard InChI is InChI=1S/C21H38N2O3/c1-20-10-8-17(16-4-6-19(24)7-5-16)14-21(20,25)11-9-18(20)15-22-26-13-12-23(2)3/h15-19,24-25H,4-14H2,1-3H3/b22-15+/t16?,17?,18-,19?,20-,21+/m1/s1. The number of hydrogen-bond acceptors (Lipinski definition) is 5. The molecule has 0 aromatic rings. The first-order valence-corrected chi connectivity index (χ1v) is 10.5. The summed E-state index contributed by atoms with van der Waals surface area (Å²) in [6.07, 6.45) is 11.1. The van der Waals surface area contributed by atoms with Gasteiger partial charge < -0.3 is 20.0 Å². The Morgan fingerprint density at radius 2 is 1.81 bits per heavy atom. The lowest BCUT2D eigenvalue weighted by Gasteiger charge is -2.50. The van der Waals surface area contributed by atoms with Crippen molar-refractivity contribution in [2.75, 3.05) is 27.2 Å². The third-order valence-electron chi connectivity index (χ3n) is 7.74. The number of rotatable bonds is 6. The van der Waals surface area contributed by atoms with Crippen LogP contribution < -0.4 is 0 Å². The summed E-state index contributed by atoms with van der Waals surface area (Å²) in [5, 5.41) is 25.5. The van der Waals surface area contributed by atoms with Gasteiger partial charge in [-0.05, 0) is 83.7 Å². The molecule has 0 bridgehead atoms. The molecule has 0 aromatic carbocycles. The molecule has 150 valence electrons. The first-order valence-electron chi connectivity index (χ1n) is 10.5. The van der Waals surface area contributed by atoms with E-state index in [4.69, 9.17) is 4.84 Å².